The Morgan fingerprint density at radius 3 is 2.52 bits per heavy atom. The quantitative estimate of drug-likeness (QED) is 0.796. The Morgan fingerprint density at radius 1 is 1.19 bits per heavy atom. The molecule has 1 unspecified atom stereocenters. The summed E-state index contributed by atoms with van der Waals surface area (Å²) in [5, 5.41) is 12.5. The summed E-state index contributed by atoms with van der Waals surface area (Å²) in [7, 11) is 5.33. The first-order valence-corrected chi connectivity index (χ1v) is 7.21. The molecule has 0 spiro atoms. The number of benzene rings is 1. The molecule has 1 aliphatic heterocycles. The first-order chi connectivity index (χ1) is 10.1. The van der Waals surface area contributed by atoms with Crippen LogP contribution in [-0.2, 0) is 0 Å². The Labute approximate surface area is 126 Å². The lowest BCUT2D eigenvalue weighted by Crippen LogP contribution is -2.51. The van der Waals surface area contributed by atoms with Gasteiger partial charge in [0.15, 0.2) is 0 Å². The van der Waals surface area contributed by atoms with Crippen molar-refractivity contribution in [3.63, 3.8) is 0 Å². The lowest BCUT2D eigenvalue weighted by Gasteiger charge is -2.33. The van der Waals surface area contributed by atoms with Crippen molar-refractivity contribution in [1.29, 1.82) is 0 Å². The molecule has 1 aliphatic rings. The summed E-state index contributed by atoms with van der Waals surface area (Å²) in [6, 6.07) is 5.45. The highest BCUT2D eigenvalue weighted by Gasteiger charge is 2.18. The van der Waals surface area contributed by atoms with E-state index in [1.807, 2.05) is 18.2 Å². The molecule has 0 amide bonds. The van der Waals surface area contributed by atoms with E-state index in [1.165, 1.54) is 0 Å². The standard InChI is InChI=1S/C15H25N3O3/c1-17-6-8-18(9-7-17)16-11-14(19)13-10-12(20-2)4-5-15(13)21-3/h4-5,10,14,16,19H,6-9,11H2,1-3H3. The summed E-state index contributed by atoms with van der Waals surface area (Å²) in [5.41, 5.74) is 4.02. The van der Waals surface area contributed by atoms with E-state index >= 15 is 0 Å². The molecule has 0 bridgehead atoms. The summed E-state index contributed by atoms with van der Waals surface area (Å²) in [6.07, 6.45) is -0.644. The van der Waals surface area contributed by atoms with Gasteiger partial charge in [0, 0.05) is 38.3 Å². The minimum absolute atomic E-state index is 0.452. The Bertz CT molecular complexity index is 448. The van der Waals surface area contributed by atoms with Gasteiger partial charge in [-0.2, -0.15) is 0 Å². The van der Waals surface area contributed by atoms with Crippen molar-refractivity contribution in [2.45, 2.75) is 6.10 Å². The molecule has 1 aromatic carbocycles. The van der Waals surface area contributed by atoms with E-state index in [4.69, 9.17) is 9.47 Å². The molecule has 118 valence electrons. The van der Waals surface area contributed by atoms with Gasteiger partial charge in [-0.25, -0.2) is 5.01 Å². The Balaban J connectivity index is 1.94. The van der Waals surface area contributed by atoms with Gasteiger partial charge in [0.05, 0.1) is 20.3 Å². The van der Waals surface area contributed by atoms with Crippen LogP contribution in [0.1, 0.15) is 11.7 Å². The van der Waals surface area contributed by atoms with Crippen LogP contribution < -0.4 is 14.9 Å². The lowest BCUT2D eigenvalue weighted by molar-refractivity contribution is 0.0735. The third kappa shape index (κ3) is 4.31. The van der Waals surface area contributed by atoms with Gasteiger partial charge in [0.2, 0.25) is 0 Å². The Hall–Kier alpha value is -1.34. The Morgan fingerprint density at radius 2 is 1.90 bits per heavy atom. The molecule has 0 aromatic heterocycles. The smallest absolute Gasteiger partial charge is 0.124 e. The molecular weight excluding hydrogens is 270 g/mol. The van der Waals surface area contributed by atoms with Crippen molar-refractivity contribution in [1.82, 2.24) is 15.3 Å². The van der Waals surface area contributed by atoms with Crippen LogP contribution in [0, 0.1) is 0 Å². The monoisotopic (exact) mass is 295 g/mol. The number of hydrazine groups is 1. The predicted molar refractivity (Wildman–Crippen MR) is 81.6 cm³/mol. The highest BCUT2D eigenvalue weighted by Crippen LogP contribution is 2.29. The van der Waals surface area contributed by atoms with Crippen LogP contribution in [0.4, 0.5) is 0 Å². The minimum atomic E-state index is -0.644. The highest BCUT2D eigenvalue weighted by molar-refractivity contribution is 5.41. The number of piperazine rings is 1. The summed E-state index contributed by atoms with van der Waals surface area (Å²) in [4.78, 5) is 2.29. The molecule has 6 heteroatoms. The second kappa shape index (κ2) is 7.61. The molecule has 1 fully saturated rings. The maximum Gasteiger partial charge on any atom is 0.124 e. The van der Waals surface area contributed by atoms with E-state index < -0.39 is 6.10 Å². The van der Waals surface area contributed by atoms with Crippen LogP contribution in [0.2, 0.25) is 0 Å². The molecule has 0 aliphatic carbocycles. The summed E-state index contributed by atoms with van der Waals surface area (Å²) >= 11 is 0. The Kier molecular flexibility index (Phi) is 5.81. The topological polar surface area (TPSA) is 57.2 Å². The first-order valence-electron chi connectivity index (χ1n) is 7.21. The SMILES string of the molecule is COc1ccc(OC)c(C(O)CNN2CCN(C)CC2)c1. The molecule has 21 heavy (non-hydrogen) atoms. The van der Waals surface area contributed by atoms with Gasteiger partial charge in [0.25, 0.3) is 0 Å². The number of methoxy groups -OCH3 is 2. The van der Waals surface area contributed by atoms with E-state index in [1.54, 1.807) is 14.2 Å². The van der Waals surface area contributed by atoms with Crippen LogP contribution in [0.15, 0.2) is 18.2 Å². The summed E-state index contributed by atoms with van der Waals surface area (Å²) < 4.78 is 10.5. The van der Waals surface area contributed by atoms with Crippen molar-refractivity contribution in [3.8, 4) is 11.5 Å². The number of hydrogen-bond donors (Lipinski definition) is 2. The van der Waals surface area contributed by atoms with Gasteiger partial charge in [-0.05, 0) is 25.2 Å². The highest BCUT2D eigenvalue weighted by atomic mass is 16.5. The maximum absolute atomic E-state index is 10.4. The molecule has 1 saturated heterocycles. The fourth-order valence-electron chi connectivity index (χ4n) is 2.39. The second-order valence-electron chi connectivity index (χ2n) is 5.28. The van der Waals surface area contributed by atoms with Gasteiger partial charge in [0.1, 0.15) is 11.5 Å². The number of aliphatic hydroxyl groups is 1. The van der Waals surface area contributed by atoms with E-state index in [-0.39, 0.29) is 0 Å². The summed E-state index contributed by atoms with van der Waals surface area (Å²) in [6.45, 7) is 4.43. The van der Waals surface area contributed by atoms with Crippen molar-refractivity contribution in [2.75, 3.05) is 54.0 Å². The summed E-state index contributed by atoms with van der Waals surface area (Å²) in [5.74, 6) is 1.38. The molecule has 2 rings (SSSR count). The number of nitrogens with zero attached hydrogens (tertiary/aromatic N) is 2. The molecule has 1 aromatic rings. The molecule has 2 N–H and O–H groups in total. The number of rotatable bonds is 6. The normalized spacial score (nSPS) is 18.5. The molecule has 1 atom stereocenters. The molecule has 1 heterocycles. The van der Waals surface area contributed by atoms with Crippen LogP contribution in [-0.4, -0.2) is 69.0 Å². The average molecular weight is 295 g/mol. The number of nitrogens with one attached hydrogen (secondary N) is 1. The van der Waals surface area contributed by atoms with Crippen molar-refractivity contribution >= 4 is 0 Å². The van der Waals surface area contributed by atoms with Gasteiger partial charge >= 0.3 is 0 Å². The van der Waals surface area contributed by atoms with Crippen LogP contribution >= 0.6 is 0 Å². The molecule has 0 saturated carbocycles. The van der Waals surface area contributed by atoms with Gasteiger partial charge in [-0.1, -0.05) is 0 Å². The zero-order chi connectivity index (χ0) is 15.2. The molecule has 6 nitrogen and oxygen atoms in total. The van der Waals surface area contributed by atoms with Crippen LogP contribution in [0.3, 0.4) is 0 Å². The third-order valence-electron chi connectivity index (χ3n) is 3.81. The number of likely N-dealkylation sites (N-methyl/N-ethyl adjacent to an activating group) is 1. The number of hydrogen-bond acceptors (Lipinski definition) is 6. The lowest BCUT2D eigenvalue weighted by atomic mass is 10.1. The van der Waals surface area contributed by atoms with E-state index in [0.29, 0.717) is 18.0 Å². The molecular formula is C15H25N3O3. The van der Waals surface area contributed by atoms with E-state index in [2.05, 4.69) is 22.4 Å². The van der Waals surface area contributed by atoms with Crippen molar-refractivity contribution in [2.24, 2.45) is 0 Å². The average Bonchev–Trinajstić information content (AvgIpc) is 2.53. The minimum Gasteiger partial charge on any atom is -0.497 e. The van der Waals surface area contributed by atoms with Crippen LogP contribution in [0.5, 0.6) is 11.5 Å². The van der Waals surface area contributed by atoms with Crippen molar-refractivity contribution < 1.29 is 14.6 Å². The first kappa shape index (κ1) is 16.0. The largest absolute Gasteiger partial charge is 0.497 e. The van der Waals surface area contributed by atoms with E-state index in [0.717, 1.165) is 31.7 Å². The number of ether oxygens (including phenoxy) is 2. The molecule has 0 radical (unpaired) electrons. The van der Waals surface area contributed by atoms with E-state index in [9.17, 15) is 5.11 Å². The van der Waals surface area contributed by atoms with Crippen molar-refractivity contribution in [3.05, 3.63) is 23.8 Å². The number of aliphatic hydroxyl groups excluding tert-OH is 1. The van der Waals surface area contributed by atoms with Gasteiger partial charge in [-0.3, -0.25) is 5.43 Å². The van der Waals surface area contributed by atoms with Gasteiger partial charge in [-0.15, -0.1) is 0 Å². The zero-order valence-electron chi connectivity index (χ0n) is 13.0. The fraction of sp³-hybridized carbons (Fsp3) is 0.600. The second-order valence-corrected chi connectivity index (χ2v) is 5.28. The maximum atomic E-state index is 10.4. The predicted octanol–water partition coefficient (Wildman–Crippen LogP) is 0.489. The van der Waals surface area contributed by atoms with Crippen LogP contribution in [0.25, 0.3) is 0 Å². The third-order valence-corrected chi connectivity index (χ3v) is 3.81. The fourth-order valence-corrected chi connectivity index (χ4v) is 2.39. The zero-order valence-corrected chi connectivity index (χ0v) is 13.0. The van der Waals surface area contributed by atoms with Gasteiger partial charge < -0.3 is 19.5 Å².